The van der Waals surface area contributed by atoms with Gasteiger partial charge in [0.05, 0.1) is 31.2 Å². The topological polar surface area (TPSA) is 51.7 Å². The van der Waals surface area contributed by atoms with E-state index in [0.29, 0.717) is 11.3 Å². The van der Waals surface area contributed by atoms with Crippen molar-refractivity contribution in [2.24, 2.45) is 0 Å². The summed E-state index contributed by atoms with van der Waals surface area (Å²) in [5.41, 5.74) is 13.9. The first kappa shape index (κ1) is 35.4. The van der Waals surface area contributed by atoms with E-state index in [1.165, 1.54) is 16.7 Å². The van der Waals surface area contributed by atoms with Gasteiger partial charge in [-0.3, -0.25) is 4.79 Å². The fraction of sp³-hybridized carbons (Fsp3) is 0.106. The van der Waals surface area contributed by atoms with Gasteiger partial charge in [-0.2, -0.15) is 0 Å². The smallest absolute Gasteiger partial charge is 0.153 e. The van der Waals surface area contributed by atoms with Crippen molar-refractivity contribution < 1.29 is 14.3 Å². The van der Waals surface area contributed by atoms with Crippen LogP contribution in [0.25, 0.3) is 33.6 Å². The van der Waals surface area contributed by atoms with E-state index in [1.807, 2.05) is 24.3 Å². The number of anilines is 3. The Morgan fingerprint density at radius 1 is 0.481 bits per heavy atom. The zero-order chi connectivity index (χ0) is 36.5. The Kier molecular flexibility index (Phi) is 11.2. The summed E-state index contributed by atoms with van der Waals surface area (Å²) in [7, 11) is 3.24. The molecule has 0 aliphatic heterocycles. The maximum atomic E-state index is 10.3. The lowest BCUT2D eigenvalue weighted by atomic mass is 9.99. The van der Waals surface area contributed by atoms with Crippen molar-refractivity contribution in [3.63, 3.8) is 0 Å². The number of nitrogens with zero attached hydrogens (tertiary/aromatic N) is 2. The molecule has 0 unspecified atom stereocenters. The largest absolute Gasteiger partial charge is 0.497 e. The third kappa shape index (κ3) is 8.45. The molecule has 0 amide bonds. The number of aldehydes is 1. The second-order valence-corrected chi connectivity index (χ2v) is 12.6. The number of aryl methyl sites for hydroxylation is 3. The first-order valence-corrected chi connectivity index (χ1v) is 17.2. The second kappa shape index (κ2) is 16.5. The molecule has 1 heterocycles. The van der Waals surface area contributed by atoms with Gasteiger partial charge in [0.25, 0.3) is 0 Å². The zero-order valence-corrected chi connectivity index (χ0v) is 30.2. The van der Waals surface area contributed by atoms with E-state index in [-0.39, 0.29) is 0 Å². The van der Waals surface area contributed by atoms with Crippen LogP contribution in [0.5, 0.6) is 11.5 Å². The normalized spacial score (nSPS) is 10.5. The molecule has 0 spiro atoms. The maximum absolute atomic E-state index is 10.3. The van der Waals surface area contributed by atoms with E-state index in [4.69, 9.17) is 14.5 Å². The molecule has 0 atom stereocenters. The van der Waals surface area contributed by atoms with E-state index in [2.05, 4.69) is 141 Å². The predicted octanol–water partition coefficient (Wildman–Crippen LogP) is 12.0. The van der Waals surface area contributed by atoms with Gasteiger partial charge in [-0.1, -0.05) is 95.6 Å². The number of methoxy groups -OCH3 is 2. The van der Waals surface area contributed by atoms with Crippen molar-refractivity contribution in [3.05, 3.63) is 180 Å². The molecule has 52 heavy (non-hydrogen) atoms. The molecule has 0 aliphatic carbocycles. The Bertz CT molecular complexity index is 2210. The quantitative estimate of drug-likeness (QED) is 0.142. The van der Waals surface area contributed by atoms with E-state index < -0.39 is 0 Å². The Morgan fingerprint density at radius 2 is 1.02 bits per heavy atom. The summed E-state index contributed by atoms with van der Waals surface area (Å²) in [6, 6.07) is 54.2. The highest BCUT2D eigenvalue weighted by molar-refractivity contribution is 5.81. The van der Waals surface area contributed by atoms with Crippen LogP contribution in [-0.4, -0.2) is 25.5 Å². The molecular formula is C47H42N2O3. The summed E-state index contributed by atoms with van der Waals surface area (Å²) in [5.74, 6) is 1.44. The number of pyridine rings is 1. The molecule has 1 aromatic heterocycles. The van der Waals surface area contributed by atoms with Gasteiger partial charge in [-0.25, -0.2) is 4.98 Å². The molecule has 0 saturated carbocycles. The number of hydrogen-bond donors (Lipinski definition) is 0. The van der Waals surface area contributed by atoms with Crippen LogP contribution in [0.2, 0.25) is 0 Å². The zero-order valence-electron chi connectivity index (χ0n) is 30.2. The average Bonchev–Trinajstić information content (AvgIpc) is 3.19. The van der Waals surface area contributed by atoms with Gasteiger partial charge in [0.2, 0.25) is 0 Å². The summed E-state index contributed by atoms with van der Waals surface area (Å²) in [4.78, 5) is 17.7. The van der Waals surface area contributed by atoms with Crippen molar-refractivity contribution in [1.82, 2.24) is 4.98 Å². The van der Waals surface area contributed by atoms with Gasteiger partial charge >= 0.3 is 0 Å². The minimum absolute atomic E-state index is 0.588. The highest BCUT2D eigenvalue weighted by Crippen LogP contribution is 2.37. The van der Waals surface area contributed by atoms with Gasteiger partial charge in [0.15, 0.2) is 6.29 Å². The molecule has 5 nitrogen and oxygen atoms in total. The monoisotopic (exact) mass is 682 g/mol. The number of carbonyl (C=O) groups excluding carboxylic acids is 1. The van der Waals surface area contributed by atoms with Crippen LogP contribution in [0.4, 0.5) is 17.1 Å². The molecule has 258 valence electrons. The SMILES string of the molecule is COc1cccc(-c2cc(-c3ccc(N(c4ccc(C)cc4)c4ccc(C)cc4)cc3)cc(-c3cccc(C)c3)n2)c1.COc1ccccc1C=O. The summed E-state index contributed by atoms with van der Waals surface area (Å²) >= 11 is 0. The lowest BCUT2D eigenvalue weighted by molar-refractivity contribution is 0.112. The molecule has 7 rings (SSSR count). The van der Waals surface area contributed by atoms with Crippen LogP contribution in [0.1, 0.15) is 27.0 Å². The van der Waals surface area contributed by atoms with E-state index in [0.717, 1.165) is 62.7 Å². The fourth-order valence-electron chi connectivity index (χ4n) is 5.98. The van der Waals surface area contributed by atoms with Crippen molar-refractivity contribution >= 4 is 23.3 Å². The van der Waals surface area contributed by atoms with Crippen LogP contribution < -0.4 is 14.4 Å². The van der Waals surface area contributed by atoms with Crippen LogP contribution in [-0.2, 0) is 0 Å². The number of benzene rings is 6. The van der Waals surface area contributed by atoms with Crippen molar-refractivity contribution in [2.75, 3.05) is 19.1 Å². The molecule has 6 aromatic carbocycles. The van der Waals surface area contributed by atoms with Crippen LogP contribution in [0, 0.1) is 20.8 Å². The van der Waals surface area contributed by atoms with Crippen molar-refractivity contribution in [2.45, 2.75) is 20.8 Å². The Labute approximate surface area is 306 Å². The lowest BCUT2D eigenvalue weighted by Gasteiger charge is -2.26. The number of hydrogen-bond acceptors (Lipinski definition) is 5. The van der Waals surface area contributed by atoms with Gasteiger partial charge < -0.3 is 14.4 Å². The lowest BCUT2D eigenvalue weighted by Crippen LogP contribution is -2.09. The van der Waals surface area contributed by atoms with Crippen LogP contribution >= 0.6 is 0 Å². The molecule has 0 fully saturated rings. The molecule has 5 heteroatoms. The van der Waals surface area contributed by atoms with Crippen molar-refractivity contribution in [3.8, 4) is 45.1 Å². The first-order chi connectivity index (χ1) is 25.3. The van der Waals surface area contributed by atoms with Crippen LogP contribution in [0.15, 0.2) is 158 Å². The van der Waals surface area contributed by atoms with E-state index in [9.17, 15) is 4.79 Å². The molecule has 0 aliphatic rings. The molecule has 0 N–H and O–H groups in total. The standard InChI is InChI=1S/C39H34N2O.C8H8O2/c1-27-11-17-34(18-12-27)41(35-19-13-28(2)14-20-35)36-21-15-30(16-22-36)33-25-38(31-8-5-7-29(3)23-31)40-39(26-33)32-9-6-10-37(24-32)42-4;1-10-8-5-3-2-4-7(8)6-9/h5-26H,1-4H3;2-6H,1H3. The Balaban J connectivity index is 0.000000402. The summed E-state index contributed by atoms with van der Waals surface area (Å²) in [6.07, 6.45) is 0.777. The first-order valence-electron chi connectivity index (χ1n) is 17.2. The molecule has 0 saturated heterocycles. The highest BCUT2D eigenvalue weighted by Gasteiger charge is 2.14. The van der Waals surface area contributed by atoms with Gasteiger partial charge in [-0.15, -0.1) is 0 Å². The molecule has 0 bridgehead atoms. The number of ether oxygens (including phenoxy) is 2. The van der Waals surface area contributed by atoms with Gasteiger partial charge in [-0.05, 0) is 111 Å². The minimum atomic E-state index is 0.588. The van der Waals surface area contributed by atoms with Gasteiger partial charge in [0.1, 0.15) is 11.5 Å². The summed E-state index contributed by atoms with van der Waals surface area (Å²) < 4.78 is 10.4. The minimum Gasteiger partial charge on any atom is -0.497 e. The summed E-state index contributed by atoms with van der Waals surface area (Å²) in [6.45, 7) is 6.35. The Hall–Kier alpha value is -6.46. The predicted molar refractivity (Wildman–Crippen MR) is 214 cm³/mol. The average molecular weight is 683 g/mol. The number of para-hydroxylation sites is 1. The fourth-order valence-corrected chi connectivity index (χ4v) is 5.98. The van der Waals surface area contributed by atoms with E-state index in [1.54, 1.807) is 32.4 Å². The highest BCUT2D eigenvalue weighted by atomic mass is 16.5. The molecular weight excluding hydrogens is 641 g/mol. The second-order valence-electron chi connectivity index (χ2n) is 12.6. The van der Waals surface area contributed by atoms with Crippen LogP contribution in [0.3, 0.4) is 0 Å². The third-order valence-corrected chi connectivity index (χ3v) is 8.81. The maximum Gasteiger partial charge on any atom is 0.153 e. The van der Waals surface area contributed by atoms with Crippen molar-refractivity contribution in [1.29, 1.82) is 0 Å². The third-order valence-electron chi connectivity index (χ3n) is 8.81. The number of rotatable bonds is 9. The summed E-state index contributed by atoms with van der Waals surface area (Å²) in [5, 5.41) is 0. The molecule has 7 aromatic rings. The van der Waals surface area contributed by atoms with E-state index >= 15 is 0 Å². The number of carbonyl (C=O) groups is 1. The number of aromatic nitrogens is 1. The molecule has 0 radical (unpaired) electrons. The van der Waals surface area contributed by atoms with Gasteiger partial charge in [0, 0.05) is 28.2 Å². The Morgan fingerprint density at radius 3 is 1.54 bits per heavy atom.